The highest BCUT2D eigenvalue weighted by molar-refractivity contribution is 5.96. The van der Waals surface area contributed by atoms with Crippen molar-refractivity contribution in [3.05, 3.63) is 59.2 Å². The fourth-order valence-electron chi connectivity index (χ4n) is 2.75. The highest BCUT2D eigenvalue weighted by atomic mass is 16.2. The zero-order valence-corrected chi connectivity index (χ0v) is 14.0. The van der Waals surface area contributed by atoms with E-state index >= 15 is 0 Å². The van der Waals surface area contributed by atoms with Crippen LogP contribution < -0.4 is 0 Å². The van der Waals surface area contributed by atoms with Crippen molar-refractivity contribution in [2.45, 2.75) is 27.2 Å². The molecule has 0 N–H and O–H groups in total. The van der Waals surface area contributed by atoms with E-state index in [-0.39, 0.29) is 5.91 Å². The van der Waals surface area contributed by atoms with Crippen LogP contribution in [0, 0.1) is 18.3 Å². The predicted molar refractivity (Wildman–Crippen MR) is 93.2 cm³/mol. The van der Waals surface area contributed by atoms with E-state index in [0.29, 0.717) is 17.7 Å². The fourth-order valence-corrected chi connectivity index (χ4v) is 2.75. The lowest BCUT2D eigenvalue weighted by atomic mass is 9.96. The van der Waals surface area contributed by atoms with Crippen molar-refractivity contribution >= 4 is 5.91 Å². The molecule has 0 aliphatic rings. The Labute approximate surface area is 138 Å². The Kier molecular flexibility index (Phi) is 5.54. The first kappa shape index (κ1) is 16.8. The molecule has 0 aromatic heterocycles. The minimum Gasteiger partial charge on any atom is -0.339 e. The molecule has 0 radical (unpaired) electrons. The molecule has 23 heavy (non-hydrogen) atoms. The van der Waals surface area contributed by atoms with E-state index in [1.54, 1.807) is 6.07 Å². The van der Waals surface area contributed by atoms with Crippen LogP contribution in [0.15, 0.2) is 42.5 Å². The number of nitrogens with zero attached hydrogens (tertiary/aromatic N) is 2. The summed E-state index contributed by atoms with van der Waals surface area (Å²) in [6, 6.07) is 15.5. The van der Waals surface area contributed by atoms with Crippen LogP contribution in [0.3, 0.4) is 0 Å². The first-order valence-electron chi connectivity index (χ1n) is 8.01. The maximum atomic E-state index is 12.7. The van der Waals surface area contributed by atoms with E-state index < -0.39 is 0 Å². The normalized spacial score (nSPS) is 10.2. The largest absolute Gasteiger partial charge is 0.339 e. The highest BCUT2D eigenvalue weighted by Gasteiger charge is 2.15. The third-order valence-electron chi connectivity index (χ3n) is 3.85. The zero-order chi connectivity index (χ0) is 16.8. The summed E-state index contributed by atoms with van der Waals surface area (Å²) in [5, 5.41) is 9.30. The Bertz CT molecular complexity index is 744. The molecule has 0 bridgehead atoms. The molecule has 1 amide bonds. The number of carbonyl (C=O) groups is 1. The first-order valence-corrected chi connectivity index (χ1v) is 8.01. The molecule has 0 heterocycles. The van der Waals surface area contributed by atoms with Gasteiger partial charge in [-0.05, 0) is 55.2 Å². The number of benzene rings is 2. The van der Waals surface area contributed by atoms with E-state index in [4.69, 9.17) is 0 Å². The minimum atomic E-state index is 0.0498. The number of amides is 1. The summed E-state index contributed by atoms with van der Waals surface area (Å²) in [5.74, 6) is 0.0498. The maximum Gasteiger partial charge on any atom is 0.253 e. The Hall–Kier alpha value is -2.60. The lowest BCUT2D eigenvalue weighted by Gasteiger charge is -2.21. The molecule has 3 heteroatoms. The van der Waals surface area contributed by atoms with Crippen LogP contribution in [0.1, 0.15) is 41.8 Å². The van der Waals surface area contributed by atoms with Crippen LogP contribution in [0.5, 0.6) is 0 Å². The summed E-state index contributed by atoms with van der Waals surface area (Å²) in [7, 11) is 0. The van der Waals surface area contributed by atoms with Gasteiger partial charge in [0, 0.05) is 18.7 Å². The number of hydrogen-bond acceptors (Lipinski definition) is 2. The van der Waals surface area contributed by atoms with Gasteiger partial charge in [-0.3, -0.25) is 4.79 Å². The quantitative estimate of drug-likeness (QED) is 0.821. The van der Waals surface area contributed by atoms with Crippen molar-refractivity contribution in [1.29, 1.82) is 5.26 Å². The van der Waals surface area contributed by atoms with Gasteiger partial charge < -0.3 is 4.90 Å². The summed E-state index contributed by atoms with van der Waals surface area (Å²) in [4.78, 5) is 14.6. The summed E-state index contributed by atoms with van der Waals surface area (Å²) < 4.78 is 0. The minimum absolute atomic E-state index is 0.0498. The average Bonchev–Trinajstić information content (AvgIpc) is 2.58. The lowest BCUT2D eigenvalue weighted by molar-refractivity contribution is 0.0764. The van der Waals surface area contributed by atoms with Gasteiger partial charge in [0.25, 0.3) is 5.91 Å². The number of aryl methyl sites for hydroxylation is 1. The zero-order valence-electron chi connectivity index (χ0n) is 14.0. The fraction of sp³-hybridized carbons (Fsp3) is 0.300. The Morgan fingerprint density at radius 1 is 1.17 bits per heavy atom. The maximum absolute atomic E-state index is 12.7. The molecular weight excluding hydrogens is 284 g/mol. The number of hydrogen-bond donors (Lipinski definition) is 0. The van der Waals surface area contributed by atoms with E-state index in [2.05, 4.69) is 13.0 Å². The van der Waals surface area contributed by atoms with Crippen molar-refractivity contribution < 1.29 is 4.79 Å². The molecule has 0 saturated heterocycles. The third kappa shape index (κ3) is 3.78. The molecule has 2 aromatic rings. The van der Waals surface area contributed by atoms with Gasteiger partial charge in [-0.2, -0.15) is 5.26 Å². The van der Waals surface area contributed by atoms with E-state index in [1.165, 1.54) is 0 Å². The van der Waals surface area contributed by atoms with E-state index in [0.717, 1.165) is 29.7 Å². The van der Waals surface area contributed by atoms with Gasteiger partial charge in [0.1, 0.15) is 0 Å². The number of rotatable bonds is 5. The van der Waals surface area contributed by atoms with Crippen LogP contribution >= 0.6 is 0 Å². The number of nitriles is 1. The summed E-state index contributed by atoms with van der Waals surface area (Å²) in [6.07, 6.45) is 0.940. The predicted octanol–water partition coefficient (Wildman–Crippen LogP) is 4.41. The third-order valence-corrected chi connectivity index (χ3v) is 3.85. The topological polar surface area (TPSA) is 44.1 Å². The molecule has 118 valence electrons. The summed E-state index contributed by atoms with van der Waals surface area (Å²) >= 11 is 0. The van der Waals surface area contributed by atoms with Crippen LogP contribution in [0.2, 0.25) is 0 Å². The molecule has 0 aliphatic heterocycles. The monoisotopic (exact) mass is 306 g/mol. The molecule has 0 saturated carbocycles. The van der Waals surface area contributed by atoms with Crippen LogP contribution in [0.25, 0.3) is 11.1 Å². The second-order valence-corrected chi connectivity index (χ2v) is 5.63. The Balaban J connectivity index is 2.48. The molecular formula is C20H22N2O. The van der Waals surface area contributed by atoms with Gasteiger partial charge in [0.05, 0.1) is 11.6 Å². The smallest absolute Gasteiger partial charge is 0.253 e. The first-order chi connectivity index (χ1) is 11.1. The molecule has 0 aliphatic carbocycles. The molecule has 0 atom stereocenters. The number of carbonyl (C=O) groups excluding carboxylic acids is 1. The van der Waals surface area contributed by atoms with Crippen molar-refractivity contribution in [2.75, 3.05) is 13.1 Å². The van der Waals surface area contributed by atoms with Crippen molar-refractivity contribution in [2.24, 2.45) is 0 Å². The average molecular weight is 306 g/mol. The highest BCUT2D eigenvalue weighted by Crippen LogP contribution is 2.26. The molecule has 0 unspecified atom stereocenters. The van der Waals surface area contributed by atoms with Gasteiger partial charge in [-0.15, -0.1) is 0 Å². The van der Waals surface area contributed by atoms with Crippen LogP contribution in [0.4, 0.5) is 0 Å². The standard InChI is InChI=1S/C20H22N2O/c1-4-10-22(5-2)20(23)18-12-15(3)11-17(13-18)19-9-7-6-8-16(19)14-21/h6-9,11-13H,4-5,10H2,1-3H3. The van der Waals surface area contributed by atoms with Crippen LogP contribution in [-0.4, -0.2) is 23.9 Å². The SMILES string of the molecule is CCCN(CC)C(=O)c1cc(C)cc(-c2ccccc2C#N)c1. The van der Waals surface area contributed by atoms with Gasteiger partial charge in [-0.25, -0.2) is 0 Å². The molecule has 0 fully saturated rings. The van der Waals surface area contributed by atoms with Crippen molar-refractivity contribution in [3.63, 3.8) is 0 Å². The molecule has 2 aromatic carbocycles. The Morgan fingerprint density at radius 3 is 2.57 bits per heavy atom. The van der Waals surface area contributed by atoms with Gasteiger partial charge in [0.15, 0.2) is 0 Å². The van der Waals surface area contributed by atoms with E-state index in [9.17, 15) is 10.1 Å². The Morgan fingerprint density at radius 2 is 1.91 bits per heavy atom. The van der Waals surface area contributed by atoms with Crippen molar-refractivity contribution in [1.82, 2.24) is 4.90 Å². The molecule has 2 rings (SSSR count). The summed E-state index contributed by atoms with van der Waals surface area (Å²) in [6.45, 7) is 7.50. The lowest BCUT2D eigenvalue weighted by Crippen LogP contribution is -2.31. The van der Waals surface area contributed by atoms with E-state index in [1.807, 2.05) is 55.1 Å². The van der Waals surface area contributed by atoms with Crippen LogP contribution in [-0.2, 0) is 0 Å². The molecule has 0 spiro atoms. The summed E-state index contributed by atoms with van der Waals surface area (Å²) in [5.41, 5.74) is 4.11. The van der Waals surface area contributed by atoms with Gasteiger partial charge >= 0.3 is 0 Å². The second kappa shape index (κ2) is 7.60. The van der Waals surface area contributed by atoms with Gasteiger partial charge in [0.2, 0.25) is 0 Å². The molecule has 3 nitrogen and oxygen atoms in total. The van der Waals surface area contributed by atoms with Gasteiger partial charge in [-0.1, -0.05) is 31.2 Å². The van der Waals surface area contributed by atoms with Crippen molar-refractivity contribution in [3.8, 4) is 17.2 Å². The second-order valence-electron chi connectivity index (χ2n) is 5.63.